The van der Waals surface area contributed by atoms with Crippen molar-refractivity contribution in [3.8, 4) is 0 Å². The third kappa shape index (κ3) is 4.58. The van der Waals surface area contributed by atoms with E-state index in [1.54, 1.807) is 52.1 Å². The van der Waals surface area contributed by atoms with Crippen LogP contribution < -0.4 is 0 Å². The molecule has 0 aliphatic carbocycles. The van der Waals surface area contributed by atoms with Gasteiger partial charge < -0.3 is 14.2 Å². The number of imide groups is 1. The first-order chi connectivity index (χ1) is 15.4. The molecule has 2 saturated heterocycles. The summed E-state index contributed by atoms with van der Waals surface area (Å²) in [5.74, 6) is -0.823. The summed E-state index contributed by atoms with van der Waals surface area (Å²) >= 11 is 0.773. The first-order valence-corrected chi connectivity index (χ1v) is 10.7. The molecule has 2 fully saturated rings. The Balaban J connectivity index is 1.50. The largest absolute Gasteiger partial charge is 0.378 e. The number of para-hydroxylation sites is 1. The maximum absolute atomic E-state index is 12.8. The minimum absolute atomic E-state index is 0.00842. The lowest BCUT2D eigenvalue weighted by molar-refractivity contribution is -0.385. The zero-order valence-electron chi connectivity index (χ0n) is 17.0. The van der Waals surface area contributed by atoms with Crippen LogP contribution in [0.15, 0.2) is 47.5 Å². The van der Waals surface area contributed by atoms with E-state index in [0.29, 0.717) is 37.6 Å². The molecule has 4 rings (SSSR count). The number of carbonyl (C=O) groups is 3. The molecule has 0 atom stereocenters. The van der Waals surface area contributed by atoms with Gasteiger partial charge in [0.05, 0.1) is 29.6 Å². The number of morpholine rings is 1. The highest BCUT2D eigenvalue weighted by atomic mass is 32.2. The Morgan fingerprint density at radius 3 is 2.66 bits per heavy atom. The SMILES string of the molecule is O=C(CN1C(=O)S/C(=C\c2cccn2Cc2ccccc2[N+](=O)[O-])C1=O)N1CCOCC1. The molecule has 0 bridgehead atoms. The Labute approximate surface area is 187 Å². The van der Waals surface area contributed by atoms with E-state index in [1.165, 1.54) is 6.07 Å². The number of amides is 3. The van der Waals surface area contributed by atoms with Gasteiger partial charge in [-0.05, 0) is 30.0 Å². The molecule has 0 saturated carbocycles. The van der Waals surface area contributed by atoms with Crippen molar-refractivity contribution in [1.29, 1.82) is 0 Å². The number of aromatic nitrogens is 1. The number of ether oxygens (including phenoxy) is 1. The number of carbonyl (C=O) groups excluding carboxylic acids is 3. The van der Waals surface area contributed by atoms with E-state index in [4.69, 9.17) is 4.74 Å². The molecule has 3 heterocycles. The number of rotatable bonds is 6. The van der Waals surface area contributed by atoms with Gasteiger partial charge >= 0.3 is 0 Å². The van der Waals surface area contributed by atoms with E-state index in [9.17, 15) is 24.5 Å². The third-order valence-corrected chi connectivity index (χ3v) is 6.11. The van der Waals surface area contributed by atoms with Crippen molar-refractivity contribution in [2.45, 2.75) is 6.54 Å². The normalized spacial score (nSPS) is 17.9. The molecule has 0 radical (unpaired) electrons. The molecule has 0 unspecified atom stereocenters. The van der Waals surface area contributed by atoms with Gasteiger partial charge in [-0.25, -0.2) is 0 Å². The van der Waals surface area contributed by atoms with Crippen molar-refractivity contribution in [1.82, 2.24) is 14.4 Å². The molecule has 32 heavy (non-hydrogen) atoms. The molecule has 10 nitrogen and oxygen atoms in total. The highest BCUT2D eigenvalue weighted by Crippen LogP contribution is 2.32. The first-order valence-electron chi connectivity index (χ1n) is 9.92. The third-order valence-electron chi connectivity index (χ3n) is 5.20. The van der Waals surface area contributed by atoms with Crippen LogP contribution in [0.2, 0.25) is 0 Å². The van der Waals surface area contributed by atoms with Crippen LogP contribution in [-0.4, -0.2) is 69.2 Å². The zero-order chi connectivity index (χ0) is 22.7. The molecular weight excluding hydrogens is 436 g/mol. The summed E-state index contributed by atoms with van der Waals surface area (Å²) in [7, 11) is 0. The van der Waals surface area contributed by atoms with E-state index < -0.39 is 16.1 Å². The van der Waals surface area contributed by atoms with E-state index >= 15 is 0 Å². The number of benzene rings is 1. The summed E-state index contributed by atoms with van der Waals surface area (Å²) in [6, 6.07) is 9.95. The lowest BCUT2D eigenvalue weighted by atomic mass is 10.2. The van der Waals surface area contributed by atoms with E-state index in [0.717, 1.165) is 16.7 Å². The summed E-state index contributed by atoms with van der Waals surface area (Å²) in [5.41, 5.74) is 1.15. The fourth-order valence-electron chi connectivity index (χ4n) is 3.53. The average Bonchev–Trinajstić information content (AvgIpc) is 3.33. The van der Waals surface area contributed by atoms with E-state index in [-0.39, 0.29) is 29.6 Å². The van der Waals surface area contributed by atoms with Gasteiger partial charge in [-0.2, -0.15) is 0 Å². The highest BCUT2D eigenvalue weighted by Gasteiger charge is 2.37. The second kappa shape index (κ2) is 9.37. The summed E-state index contributed by atoms with van der Waals surface area (Å²) in [6.45, 7) is 1.66. The fourth-order valence-corrected chi connectivity index (χ4v) is 4.35. The minimum atomic E-state index is -0.528. The molecule has 1 aromatic heterocycles. The van der Waals surface area contributed by atoms with Gasteiger partial charge in [0.1, 0.15) is 6.54 Å². The van der Waals surface area contributed by atoms with Crippen LogP contribution in [0.3, 0.4) is 0 Å². The van der Waals surface area contributed by atoms with Gasteiger partial charge in [-0.3, -0.25) is 29.4 Å². The Bertz CT molecular complexity index is 1110. The van der Waals surface area contributed by atoms with Gasteiger partial charge in [-0.1, -0.05) is 18.2 Å². The van der Waals surface area contributed by atoms with Crippen LogP contribution in [0.1, 0.15) is 11.3 Å². The van der Waals surface area contributed by atoms with Crippen LogP contribution in [0.25, 0.3) is 6.08 Å². The van der Waals surface area contributed by atoms with Gasteiger partial charge in [0.15, 0.2) is 0 Å². The molecule has 2 aromatic rings. The summed E-state index contributed by atoms with van der Waals surface area (Å²) in [5, 5.41) is 10.8. The maximum atomic E-state index is 12.8. The fraction of sp³-hybridized carbons (Fsp3) is 0.286. The number of hydrogen-bond acceptors (Lipinski definition) is 7. The predicted molar refractivity (Wildman–Crippen MR) is 117 cm³/mol. The molecule has 2 aliphatic rings. The van der Waals surface area contributed by atoms with Crippen molar-refractivity contribution < 1.29 is 24.0 Å². The number of thioether (sulfide) groups is 1. The average molecular weight is 456 g/mol. The summed E-state index contributed by atoms with van der Waals surface area (Å²) in [4.78, 5) is 51.2. The highest BCUT2D eigenvalue weighted by molar-refractivity contribution is 8.18. The number of hydrogen-bond donors (Lipinski definition) is 0. The van der Waals surface area contributed by atoms with Crippen LogP contribution in [0.4, 0.5) is 10.5 Å². The molecule has 0 spiro atoms. The van der Waals surface area contributed by atoms with Crippen LogP contribution in [0, 0.1) is 10.1 Å². The van der Waals surface area contributed by atoms with Crippen LogP contribution in [0.5, 0.6) is 0 Å². The van der Waals surface area contributed by atoms with E-state index in [2.05, 4.69) is 0 Å². The standard InChI is InChI=1S/C21H20N4O6S/c26-19(22-8-10-31-11-9-22)14-24-20(27)18(32-21(24)28)12-16-5-3-7-23(16)13-15-4-1-2-6-17(15)25(29)30/h1-7,12H,8-11,13-14H2/b18-12-. The first kappa shape index (κ1) is 21.8. The molecule has 1 aromatic carbocycles. The quantitative estimate of drug-likeness (QED) is 0.372. The molecule has 11 heteroatoms. The lowest BCUT2D eigenvalue weighted by Gasteiger charge is -2.28. The second-order valence-electron chi connectivity index (χ2n) is 7.21. The van der Waals surface area contributed by atoms with Gasteiger partial charge in [0.25, 0.3) is 16.8 Å². The number of nitro groups is 1. The van der Waals surface area contributed by atoms with Crippen molar-refractivity contribution in [2.24, 2.45) is 0 Å². The van der Waals surface area contributed by atoms with Gasteiger partial charge in [-0.15, -0.1) is 0 Å². The molecule has 166 valence electrons. The Morgan fingerprint density at radius 1 is 1.16 bits per heavy atom. The zero-order valence-corrected chi connectivity index (χ0v) is 17.8. The van der Waals surface area contributed by atoms with Gasteiger partial charge in [0, 0.05) is 36.6 Å². The lowest BCUT2D eigenvalue weighted by Crippen LogP contribution is -2.46. The predicted octanol–water partition coefficient (Wildman–Crippen LogP) is 2.34. The smallest absolute Gasteiger partial charge is 0.294 e. The molecule has 3 amide bonds. The number of nitro benzene ring substituents is 1. The van der Waals surface area contributed by atoms with Crippen molar-refractivity contribution >= 4 is 40.6 Å². The molecule has 2 aliphatic heterocycles. The maximum Gasteiger partial charge on any atom is 0.294 e. The molecular formula is C21H20N4O6S. The monoisotopic (exact) mass is 456 g/mol. The van der Waals surface area contributed by atoms with Crippen LogP contribution >= 0.6 is 11.8 Å². The number of nitrogens with zero attached hydrogens (tertiary/aromatic N) is 4. The summed E-state index contributed by atoms with van der Waals surface area (Å²) in [6.07, 6.45) is 3.31. The van der Waals surface area contributed by atoms with Crippen molar-refractivity contribution in [3.05, 3.63) is 68.9 Å². The van der Waals surface area contributed by atoms with Crippen molar-refractivity contribution in [2.75, 3.05) is 32.8 Å². The minimum Gasteiger partial charge on any atom is -0.378 e. The topological polar surface area (TPSA) is 115 Å². The Morgan fingerprint density at radius 2 is 1.91 bits per heavy atom. The summed E-state index contributed by atoms with van der Waals surface area (Å²) < 4.78 is 6.98. The van der Waals surface area contributed by atoms with Crippen molar-refractivity contribution in [3.63, 3.8) is 0 Å². The Hall–Kier alpha value is -3.44. The van der Waals surface area contributed by atoms with Gasteiger partial charge in [0.2, 0.25) is 5.91 Å². The molecule has 0 N–H and O–H groups in total. The van der Waals surface area contributed by atoms with E-state index in [1.807, 2.05) is 0 Å². The van der Waals surface area contributed by atoms with Crippen LogP contribution in [-0.2, 0) is 20.9 Å². The second-order valence-corrected chi connectivity index (χ2v) is 8.20. The Kier molecular flexibility index (Phi) is 6.37.